The Kier molecular flexibility index (Phi) is 5.09. The van der Waals surface area contributed by atoms with Gasteiger partial charge in [0.25, 0.3) is 0 Å². The van der Waals surface area contributed by atoms with Crippen molar-refractivity contribution in [1.29, 1.82) is 5.26 Å². The van der Waals surface area contributed by atoms with Gasteiger partial charge in [-0.25, -0.2) is 0 Å². The van der Waals surface area contributed by atoms with Crippen LogP contribution < -0.4 is 0 Å². The predicted molar refractivity (Wildman–Crippen MR) is 28.4 cm³/mol. The summed E-state index contributed by atoms with van der Waals surface area (Å²) in [7, 11) is 0. The van der Waals surface area contributed by atoms with Gasteiger partial charge in [0.15, 0.2) is 0 Å². The number of unbranched alkanes of at least 4 members (excludes halogenated alkanes) is 3. The van der Waals surface area contributed by atoms with Crippen LogP contribution in [0.3, 0.4) is 0 Å². The minimum absolute atomic E-state index is 0.650. The first kappa shape index (κ1) is 6.49. The molecule has 0 saturated heterocycles. The monoisotopic (exact) mass is 95.1 g/mol. The van der Waals surface area contributed by atoms with Crippen LogP contribution in [0.25, 0.3) is 0 Å². The molecule has 0 amide bonds. The van der Waals surface area contributed by atoms with E-state index < -0.39 is 0 Å². The molecule has 0 aromatic carbocycles. The summed E-state index contributed by atoms with van der Waals surface area (Å²) < 4.78 is 0. The van der Waals surface area contributed by atoms with Gasteiger partial charge in [-0.05, 0) is 19.8 Å². The molecule has 0 unspecified atom stereocenters. The molecule has 0 bridgehead atoms. The highest BCUT2D eigenvalue weighted by Gasteiger charge is 1.79. The smallest absolute Gasteiger partial charge is 0.0621 e. The van der Waals surface area contributed by atoms with Crippen molar-refractivity contribution >= 4 is 0 Å². The number of hydrogen-bond donors (Lipinski definition) is 0. The van der Waals surface area contributed by atoms with Crippen LogP contribution in [0.1, 0.15) is 25.7 Å². The highest BCUT2D eigenvalue weighted by atomic mass is 14.2. The van der Waals surface area contributed by atoms with Gasteiger partial charge in [0.1, 0.15) is 0 Å². The highest BCUT2D eigenvalue weighted by Crippen LogP contribution is 1.95. The van der Waals surface area contributed by atoms with E-state index in [0.717, 1.165) is 12.8 Å². The summed E-state index contributed by atoms with van der Waals surface area (Å²) in [6.07, 6.45) is 3.29. The normalized spacial score (nSPS) is 8.00. The van der Waals surface area contributed by atoms with E-state index in [1.807, 2.05) is 6.07 Å². The second kappa shape index (κ2) is 5.49. The Morgan fingerprint density at radius 2 is 2.14 bits per heavy atom. The van der Waals surface area contributed by atoms with Crippen LogP contribution in [0.4, 0.5) is 0 Å². The van der Waals surface area contributed by atoms with E-state index in [1.54, 1.807) is 0 Å². The Balaban J connectivity index is 2.60. The van der Waals surface area contributed by atoms with Gasteiger partial charge in [-0.1, -0.05) is 6.42 Å². The van der Waals surface area contributed by atoms with E-state index >= 15 is 0 Å². The van der Waals surface area contributed by atoms with E-state index in [4.69, 9.17) is 12.2 Å². The summed E-state index contributed by atoms with van der Waals surface area (Å²) in [5.74, 6) is 0. The Labute approximate surface area is 45.0 Å². The lowest BCUT2D eigenvalue weighted by atomic mass is 10.2. The molecule has 1 heteroatoms. The molecular weight excluding hydrogens is 86.1 g/mol. The van der Waals surface area contributed by atoms with Crippen molar-refractivity contribution in [2.24, 2.45) is 0 Å². The summed E-state index contributed by atoms with van der Waals surface area (Å²) in [4.78, 5) is 0. The Morgan fingerprint density at radius 1 is 1.43 bits per heavy atom. The zero-order valence-electron chi connectivity index (χ0n) is 4.35. The minimum atomic E-state index is 0.650. The second-order valence-corrected chi connectivity index (χ2v) is 1.40. The fourth-order valence-corrected chi connectivity index (χ4v) is 0.348. The molecule has 0 spiro atoms. The molecule has 0 aliphatic rings. The lowest BCUT2D eigenvalue weighted by Gasteiger charge is -1.84. The molecule has 0 aliphatic carbocycles. The van der Waals surface area contributed by atoms with Gasteiger partial charge in [0.05, 0.1) is 6.07 Å². The molecule has 0 aromatic rings. The van der Waals surface area contributed by atoms with Crippen LogP contribution in [0.5, 0.6) is 0 Å². The van der Waals surface area contributed by atoms with Crippen LogP contribution in [-0.2, 0) is 0 Å². The summed E-state index contributed by atoms with van der Waals surface area (Å²) in [5.41, 5.74) is 0. The van der Waals surface area contributed by atoms with Crippen LogP contribution in [0.15, 0.2) is 0 Å². The van der Waals surface area contributed by atoms with Crippen molar-refractivity contribution in [3.05, 3.63) is 6.92 Å². The maximum absolute atomic E-state index is 8.00. The van der Waals surface area contributed by atoms with E-state index in [9.17, 15) is 0 Å². The first-order valence-corrected chi connectivity index (χ1v) is 2.49. The first-order chi connectivity index (χ1) is 3.41. The summed E-state index contributed by atoms with van der Waals surface area (Å²) in [6.45, 7) is 5.16. The van der Waals surface area contributed by atoms with E-state index in [0.29, 0.717) is 12.8 Å². The summed E-state index contributed by atoms with van der Waals surface area (Å²) in [5, 5.41) is 8.00. The molecule has 7 heavy (non-hydrogen) atoms. The minimum Gasteiger partial charge on any atom is -0.198 e. The van der Waals surface area contributed by atoms with E-state index in [1.165, 1.54) is 0 Å². The van der Waals surface area contributed by atoms with E-state index in [-0.39, 0.29) is 0 Å². The molecule has 0 fully saturated rings. The highest BCUT2D eigenvalue weighted by molar-refractivity contribution is 4.67. The molecule has 0 N–H and O–H groups in total. The molecule has 0 rings (SSSR count). The van der Waals surface area contributed by atoms with Gasteiger partial charge < -0.3 is 0 Å². The van der Waals surface area contributed by atoms with Crippen molar-refractivity contribution in [3.63, 3.8) is 0 Å². The van der Waals surface area contributed by atoms with Gasteiger partial charge in [-0.15, -0.1) is 0 Å². The Morgan fingerprint density at radius 3 is 2.57 bits per heavy atom. The number of nitriles is 1. The van der Waals surface area contributed by atoms with Crippen molar-refractivity contribution < 1.29 is 0 Å². The molecular formula is C6H9N. The van der Waals surface area contributed by atoms with Gasteiger partial charge in [0.2, 0.25) is 0 Å². The fraction of sp³-hybridized carbons (Fsp3) is 0.667. The van der Waals surface area contributed by atoms with E-state index in [2.05, 4.69) is 0 Å². The molecule has 2 radical (unpaired) electrons. The SMILES string of the molecule is [CH]CCCCC#N. The lowest BCUT2D eigenvalue weighted by Crippen LogP contribution is -1.68. The average molecular weight is 95.1 g/mol. The Hall–Kier alpha value is -0.510. The van der Waals surface area contributed by atoms with Gasteiger partial charge in [-0.3, -0.25) is 0 Å². The molecule has 0 saturated carbocycles. The van der Waals surface area contributed by atoms with Gasteiger partial charge >= 0.3 is 0 Å². The van der Waals surface area contributed by atoms with Gasteiger partial charge in [-0.2, -0.15) is 5.26 Å². The van der Waals surface area contributed by atoms with Crippen molar-refractivity contribution in [2.45, 2.75) is 25.7 Å². The Bertz CT molecular complexity index is 61.1. The number of rotatable bonds is 3. The first-order valence-electron chi connectivity index (χ1n) is 2.49. The third kappa shape index (κ3) is 5.49. The quantitative estimate of drug-likeness (QED) is 0.490. The standard InChI is InChI=1S/C6H9N/c1-2-3-4-5-6-7/h1H,2-5H2. The third-order valence-electron chi connectivity index (χ3n) is 0.743. The molecule has 0 atom stereocenters. The number of hydrogen-bond acceptors (Lipinski definition) is 1. The van der Waals surface area contributed by atoms with Crippen LogP contribution in [0, 0.1) is 18.3 Å². The molecule has 0 heterocycles. The van der Waals surface area contributed by atoms with Crippen molar-refractivity contribution in [1.82, 2.24) is 0 Å². The lowest BCUT2D eigenvalue weighted by molar-refractivity contribution is 0.766. The molecule has 38 valence electrons. The fourth-order valence-electron chi connectivity index (χ4n) is 0.348. The predicted octanol–water partition coefficient (Wildman–Crippen LogP) is 1.78. The zero-order chi connectivity index (χ0) is 5.54. The summed E-state index contributed by atoms with van der Waals surface area (Å²) in [6, 6.07) is 2.05. The largest absolute Gasteiger partial charge is 0.198 e. The second-order valence-electron chi connectivity index (χ2n) is 1.40. The van der Waals surface area contributed by atoms with Crippen LogP contribution in [0.2, 0.25) is 0 Å². The van der Waals surface area contributed by atoms with Crippen molar-refractivity contribution in [2.75, 3.05) is 0 Å². The maximum atomic E-state index is 8.00. The topological polar surface area (TPSA) is 23.8 Å². The zero-order valence-corrected chi connectivity index (χ0v) is 4.35. The number of nitrogens with zero attached hydrogens (tertiary/aromatic N) is 1. The average Bonchev–Trinajstić information content (AvgIpc) is 1.69. The van der Waals surface area contributed by atoms with Crippen molar-refractivity contribution in [3.8, 4) is 6.07 Å². The maximum Gasteiger partial charge on any atom is 0.0621 e. The van der Waals surface area contributed by atoms with Crippen LogP contribution >= 0.6 is 0 Å². The molecule has 0 aromatic heterocycles. The third-order valence-corrected chi connectivity index (χ3v) is 0.743. The molecule has 1 nitrogen and oxygen atoms in total. The molecule has 0 aliphatic heterocycles. The van der Waals surface area contributed by atoms with Gasteiger partial charge in [0, 0.05) is 6.42 Å². The summed E-state index contributed by atoms with van der Waals surface area (Å²) >= 11 is 0. The van der Waals surface area contributed by atoms with Crippen LogP contribution in [-0.4, -0.2) is 0 Å².